The Labute approximate surface area is 150 Å². The van der Waals surface area contributed by atoms with Gasteiger partial charge in [0, 0.05) is 40.3 Å². The standard InChI is InChI=1S/C19H29FN4O/c1-4-5-6-9-23(3)19(21-2)22-15-16-7-8-18(17(20)14-16)24-10-12-25-13-11-24/h4,7-8,14H,1,5-6,9-13,15H2,2-3H3,(H,21,22). The first kappa shape index (κ1) is 19.2. The van der Waals surface area contributed by atoms with Gasteiger partial charge in [0.1, 0.15) is 5.82 Å². The summed E-state index contributed by atoms with van der Waals surface area (Å²) in [5.74, 6) is 0.622. The lowest BCUT2D eigenvalue weighted by Gasteiger charge is -2.29. The third-order valence-electron chi connectivity index (χ3n) is 4.29. The highest BCUT2D eigenvalue weighted by Crippen LogP contribution is 2.21. The van der Waals surface area contributed by atoms with E-state index in [9.17, 15) is 4.39 Å². The molecule has 25 heavy (non-hydrogen) atoms. The number of ether oxygens (including phenoxy) is 1. The SMILES string of the molecule is C=CCCCN(C)C(=NC)NCc1ccc(N2CCOCC2)c(F)c1. The average molecular weight is 348 g/mol. The predicted octanol–water partition coefficient (Wildman–Crippen LogP) is 2.64. The molecule has 1 aliphatic heterocycles. The fourth-order valence-corrected chi connectivity index (χ4v) is 2.87. The van der Waals surface area contributed by atoms with Crippen LogP contribution in [0.15, 0.2) is 35.8 Å². The van der Waals surface area contributed by atoms with E-state index in [1.54, 1.807) is 13.1 Å². The summed E-state index contributed by atoms with van der Waals surface area (Å²) in [6.07, 6.45) is 3.93. The van der Waals surface area contributed by atoms with E-state index in [1.165, 1.54) is 0 Å². The number of allylic oxidation sites excluding steroid dienone is 1. The van der Waals surface area contributed by atoms with Crippen LogP contribution in [-0.4, -0.2) is 57.8 Å². The summed E-state index contributed by atoms with van der Waals surface area (Å²) in [5.41, 5.74) is 1.55. The van der Waals surface area contributed by atoms with Crippen LogP contribution in [0.3, 0.4) is 0 Å². The summed E-state index contributed by atoms with van der Waals surface area (Å²) in [6.45, 7) is 7.94. The number of aliphatic imine (C=N–C) groups is 1. The lowest BCUT2D eigenvalue weighted by Crippen LogP contribution is -2.39. The molecule has 1 aromatic carbocycles. The van der Waals surface area contributed by atoms with Crippen LogP contribution in [0.5, 0.6) is 0 Å². The van der Waals surface area contributed by atoms with E-state index in [0.717, 1.165) is 44.0 Å². The maximum Gasteiger partial charge on any atom is 0.193 e. The molecule has 0 aromatic heterocycles. The molecule has 0 spiro atoms. The number of hydrogen-bond donors (Lipinski definition) is 1. The minimum absolute atomic E-state index is 0.185. The first-order chi connectivity index (χ1) is 12.2. The van der Waals surface area contributed by atoms with Gasteiger partial charge < -0.3 is 19.9 Å². The van der Waals surface area contributed by atoms with Crippen molar-refractivity contribution in [3.05, 3.63) is 42.2 Å². The maximum absolute atomic E-state index is 14.4. The van der Waals surface area contributed by atoms with Crippen molar-refractivity contribution < 1.29 is 9.13 Å². The molecule has 0 aliphatic carbocycles. The smallest absolute Gasteiger partial charge is 0.193 e. The zero-order valence-corrected chi connectivity index (χ0v) is 15.3. The van der Waals surface area contributed by atoms with E-state index in [4.69, 9.17) is 4.74 Å². The Morgan fingerprint density at radius 2 is 2.20 bits per heavy atom. The second kappa shape index (κ2) is 10.0. The highest BCUT2D eigenvalue weighted by molar-refractivity contribution is 5.79. The number of rotatable bonds is 7. The van der Waals surface area contributed by atoms with Crippen LogP contribution < -0.4 is 10.2 Å². The Morgan fingerprint density at radius 1 is 1.44 bits per heavy atom. The topological polar surface area (TPSA) is 40.1 Å². The molecule has 0 unspecified atom stereocenters. The third kappa shape index (κ3) is 5.74. The fraction of sp³-hybridized carbons (Fsp3) is 0.526. The molecule has 6 heteroatoms. The average Bonchev–Trinajstić information content (AvgIpc) is 2.63. The minimum Gasteiger partial charge on any atom is -0.378 e. The highest BCUT2D eigenvalue weighted by atomic mass is 19.1. The third-order valence-corrected chi connectivity index (χ3v) is 4.29. The first-order valence-corrected chi connectivity index (χ1v) is 8.79. The van der Waals surface area contributed by atoms with Crippen molar-refractivity contribution in [2.24, 2.45) is 4.99 Å². The van der Waals surface area contributed by atoms with Crippen LogP contribution in [-0.2, 0) is 11.3 Å². The Kier molecular flexibility index (Phi) is 7.73. The molecule has 2 rings (SSSR count). The molecule has 0 saturated carbocycles. The first-order valence-electron chi connectivity index (χ1n) is 8.79. The lowest BCUT2D eigenvalue weighted by molar-refractivity contribution is 0.122. The Balaban J connectivity index is 1.91. The van der Waals surface area contributed by atoms with Crippen LogP contribution in [0.4, 0.5) is 10.1 Å². The number of guanidine groups is 1. The highest BCUT2D eigenvalue weighted by Gasteiger charge is 2.15. The second-order valence-corrected chi connectivity index (χ2v) is 6.14. The quantitative estimate of drug-likeness (QED) is 0.356. The molecule has 1 heterocycles. The van der Waals surface area contributed by atoms with Gasteiger partial charge in [0.15, 0.2) is 5.96 Å². The van der Waals surface area contributed by atoms with Crippen molar-refractivity contribution >= 4 is 11.6 Å². The number of halogens is 1. The van der Waals surface area contributed by atoms with Crippen LogP contribution in [0.1, 0.15) is 18.4 Å². The van der Waals surface area contributed by atoms with Gasteiger partial charge in [0.25, 0.3) is 0 Å². The Hall–Kier alpha value is -2.08. The number of anilines is 1. The van der Waals surface area contributed by atoms with Crippen molar-refractivity contribution in [2.45, 2.75) is 19.4 Å². The van der Waals surface area contributed by atoms with E-state index in [0.29, 0.717) is 25.4 Å². The summed E-state index contributed by atoms with van der Waals surface area (Å²) in [5, 5.41) is 3.29. The predicted molar refractivity (Wildman–Crippen MR) is 102 cm³/mol. The van der Waals surface area contributed by atoms with Crippen molar-refractivity contribution in [1.82, 2.24) is 10.2 Å². The molecule has 0 atom stereocenters. The lowest BCUT2D eigenvalue weighted by atomic mass is 10.1. The van der Waals surface area contributed by atoms with Crippen LogP contribution in [0, 0.1) is 5.82 Å². The Bertz CT molecular complexity index is 585. The van der Waals surface area contributed by atoms with E-state index >= 15 is 0 Å². The van der Waals surface area contributed by atoms with Crippen molar-refractivity contribution in [1.29, 1.82) is 0 Å². The van der Waals surface area contributed by atoms with Crippen LogP contribution in [0.2, 0.25) is 0 Å². The minimum atomic E-state index is -0.185. The number of hydrogen-bond acceptors (Lipinski definition) is 3. The summed E-state index contributed by atoms with van der Waals surface area (Å²) in [4.78, 5) is 8.39. The van der Waals surface area contributed by atoms with Gasteiger partial charge in [0.05, 0.1) is 18.9 Å². The molecule has 1 saturated heterocycles. The number of morpholine rings is 1. The van der Waals surface area contributed by atoms with Gasteiger partial charge in [-0.2, -0.15) is 0 Å². The monoisotopic (exact) mass is 348 g/mol. The molecule has 0 bridgehead atoms. The summed E-state index contributed by atoms with van der Waals surface area (Å²) in [7, 11) is 3.76. The molecule has 1 aliphatic rings. The number of nitrogens with one attached hydrogen (secondary N) is 1. The zero-order valence-electron chi connectivity index (χ0n) is 15.3. The summed E-state index contributed by atoms with van der Waals surface area (Å²) >= 11 is 0. The second-order valence-electron chi connectivity index (χ2n) is 6.14. The zero-order chi connectivity index (χ0) is 18.1. The van der Waals surface area contributed by atoms with Crippen LogP contribution in [0.25, 0.3) is 0 Å². The molecular weight excluding hydrogens is 319 g/mol. The van der Waals surface area contributed by atoms with Gasteiger partial charge in [-0.15, -0.1) is 6.58 Å². The molecule has 0 radical (unpaired) electrons. The van der Waals surface area contributed by atoms with Gasteiger partial charge in [-0.1, -0.05) is 12.1 Å². The largest absolute Gasteiger partial charge is 0.378 e. The molecule has 1 fully saturated rings. The van der Waals surface area contributed by atoms with E-state index < -0.39 is 0 Å². The molecule has 138 valence electrons. The van der Waals surface area contributed by atoms with Crippen molar-refractivity contribution in [3.63, 3.8) is 0 Å². The van der Waals surface area contributed by atoms with Gasteiger partial charge in [-0.3, -0.25) is 4.99 Å². The van der Waals surface area contributed by atoms with E-state index in [1.807, 2.05) is 30.2 Å². The number of benzene rings is 1. The molecule has 1 aromatic rings. The van der Waals surface area contributed by atoms with E-state index in [2.05, 4.69) is 21.8 Å². The number of nitrogens with zero attached hydrogens (tertiary/aromatic N) is 3. The summed E-state index contributed by atoms with van der Waals surface area (Å²) in [6, 6.07) is 5.42. The fourth-order valence-electron chi connectivity index (χ4n) is 2.87. The van der Waals surface area contributed by atoms with Crippen molar-refractivity contribution in [2.75, 3.05) is 51.8 Å². The van der Waals surface area contributed by atoms with Gasteiger partial charge in [0.2, 0.25) is 0 Å². The molecule has 5 nitrogen and oxygen atoms in total. The Morgan fingerprint density at radius 3 is 2.84 bits per heavy atom. The van der Waals surface area contributed by atoms with E-state index in [-0.39, 0.29) is 5.82 Å². The molecule has 0 amide bonds. The summed E-state index contributed by atoms with van der Waals surface area (Å²) < 4.78 is 19.8. The maximum atomic E-state index is 14.4. The van der Waals surface area contributed by atoms with Gasteiger partial charge in [-0.05, 0) is 30.5 Å². The molecular formula is C19H29FN4O. The van der Waals surface area contributed by atoms with Gasteiger partial charge >= 0.3 is 0 Å². The van der Waals surface area contributed by atoms with Crippen LogP contribution >= 0.6 is 0 Å². The van der Waals surface area contributed by atoms with Crippen molar-refractivity contribution in [3.8, 4) is 0 Å². The number of unbranched alkanes of at least 4 members (excludes halogenated alkanes) is 1. The van der Waals surface area contributed by atoms with Gasteiger partial charge in [-0.25, -0.2) is 4.39 Å². The molecule has 1 N–H and O–H groups in total. The normalized spacial score (nSPS) is 15.2.